The first-order valence-electron chi connectivity index (χ1n) is 5.63. The van der Waals surface area contributed by atoms with Gasteiger partial charge in [-0.15, -0.1) is 12.6 Å². The van der Waals surface area contributed by atoms with Gasteiger partial charge in [0.1, 0.15) is 0 Å². The zero-order chi connectivity index (χ0) is 12.6. The summed E-state index contributed by atoms with van der Waals surface area (Å²) in [4.78, 5) is 0. The van der Waals surface area contributed by atoms with E-state index in [0.29, 0.717) is 0 Å². The molecule has 0 aromatic heterocycles. The van der Waals surface area contributed by atoms with E-state index in [-0.39, 0.29) is 11.5 Å². The van der Waals surface area contributed by atoms with Gasteiger partial charge in [0, 0.05) is 20.3 Å². The van der Waals surface area contributed by atoms with Gasteiger partial charge in [-0.2, -0.15) is 0 Å². The van der Waals surface area contributed by atoms with Crippen LogP contribution in [0.1, 0.15) is 40.0 Å². The van der Waals surface area contributed by atoms with Crippen molar-refractivity contribution in [2.24, 2.45) is 0 Å². The average molecular weight is 268 g/mol. The van der Waals surface area contributed by atoms with E-state index in [0.717, 1.165) is 19.3 Å². The highest BCUT2D eigenvalue weighted by Gasteiger charge is 2.46. The van der Waals surface area contributed by atoms with E-state index in [9.17, 15) is 0 Å². The second-order valence-electron chi connectivity index (χ2n) is 3.79. The summed E-state index contributed by atoms with van der Waals surface area (Å²) in [5, 5.41) is 0. The molecule has 0 radical (unpaired) electrons. The molecular formula is C10H24O4SSi. The molecule has 0 N–H and O–H groups in total. The Balaban J connectivity index is 4.29. The average Bonchev–Trinajstić information content (AvgIpc) is 2.24. The molecule has 0 aromatic carbocycles. The van der Waals surface area contributed by atoms with Gasteiger partial charge in [-0.1, -0.05) is 19.8 Å². The Bertz CT molecular complexity index is 176. The molecule has 0 aliphatic heterocycles. The maximum absolute atomic E-state index is 5.69. The zero-order valence-electron chi connectivity index (χ0n) is 10.9. The molecule has 0 aliphatic rings. The van der Waals surface area contributed by atoms with Crippen LogP contribution in [0.2, 0.25) is 0 Å². The van der Waals surface area contributed by atoms with E-state index in [1.807, 2.05) is 13.8 Å². The molecule has 0 saturated heterocycles. The van der Waals surface area contributed by atoms with Gasteiger partial charge in [-0.05, 0) is 20.3 Å². The van der Waals surface area contributed by atoms with Gasteiger partial charge in [0.2, 0.25) is 0 Å². The Hall–Kier alpha value is 0.407. The van der Waals surface area contributed by atoms with Gasteiger partial charge in [-0.3, -0.25) is 0 Å². The third-order valence-corrected chi connectivity index (χ3v) is 4.86. The first kappa shape index (κ1) is 16.4. The summed E-state index contributed by atoms with van der Waals surface area (Å²) >= 11 is 4.36. The molecule has 98 valence electrons. The minimum absolute atomic E-state index is 0.00160. The lowest BCUT2D eigenvalue weighted by molar-refractivity contribution is -0.0327. The zero-order valence-corrected chi connectivity index (χ0v) is 12.8. The van der Waals surface area contributed by atoms with E-state index in [1.54, 1.807) is 14.2 Å². The van der Waals surface area contributed by atoms with Crippen molar-refractivity contribution in [3.63, 3.8) is 0 Å². The summed E-state index contributed by atoms with van der Waals surface area (Å²) in [6.07, 6.45) is 3.04. The molecule has 0 heterocycles. The van der Waals surface area contributed by atoms with Crippen LogP contribution in [0.5, 0.6) is 0 Å². The molecule has 1 unspecified atom stereocenters. The predicted octanol–water partition coefficient (Wildman–Crippen LogP) is 2.60. The second-order valence-corrected chi connectivity index (χ2v) is 6.65. The van der Waals surface area contributed by atoms with Crippen molar-refractivity contribution < 1.29 is 17.7 Å². The highest BCUT2D eigenvalue weighted by molar-refractivity contribution is 7.80. The maximum atomic E-state index is 5.69. The van der Waals surface area contributed by atoms with Crippen LogP contribution < -0.4 is 0 Å². The van der Waals surface area contributed by atoms with Crippen LogP contribution in [-0.2, 0) is 17.7 Å². The number of unbranched alkanes of at least 4 members (excludes halogenated alkanes) is 1. The highest BCUT2D eigenvalue weighted by Crippen LogP contribution is 2.19. The topological polar surface area (TPSA) is 36.9 Å². The summed E-state index contributed by atoms with van der Waals surface area (Å²) in [7, 11) is 0.0842. The fourth-order valence-electron chi connectivity index (χ4n) is 1.20. The summed E-state index contributed by atoms with van der Waals surface area (Å²) in [6.45, 7) is 5.97. The molecule has 0 fully saturated rings. The van der Waals surface area contributed by atoms with Crippen LogP contribution in [-0.4, -0.2) is 34.8 Å². The van der Waals surface area contributed by atoms with Crippen molar-refractivity contribution >= 4 is 21.7 Å². The van der Waals surface area contributed by atoms with Crippen molar-refractivity contribution in [2.75, 3.05) is 14.2 Å². The third-order valence-electron chi connectivity index (χ3n) is 1.97. The number of hydrogen-bond donors (Lipinski definition) is 1. The predicted molar refractivity (Wildman–Crippen MR) is 69.4 cm³/mol. The van der Waals surface area contributed by atoms with Gasteiger partial charge in [0.15, 0.2) is 0 Å². The smallest absolute Gasteiger partial charge is 0.355 e. The Morgan fingerprint density at radius 1 is 1.12 bits per heavy atom. The molecule has 0 aromatic rings. The minimum atomic E-state index is -3.00. The summed E-state index contributed by atoms with van der Waals surface area (Å²) in [6, 6.07) is 0. The lowest BCUT2D eigenvalue weighted by Crippen LogP contribution is -2.50. The van der Waals surface area contributed by atoms with Gasteiger partial charge >= 0.3 is 9.05 Å². The van der Waals surface area contributed by atoms with E-state index in [1.165, 1.54) is 0 Å². The number of rotatable bonds is 9. The molecule has 0 bridgehead atoms. The third kappa shape index (κ3) is 6.22. The number of hydrogen-bond acceptors (Lipinski definition) is 5. The van der Waals surface area contributed by atoms with Crippen molar-refractivity contribution in [2.45, 2.75) is 51.6 Å². The van der Waals surface area contributed by atoms with Gasteiger partial charge in [0.25, 0.3) is 0 Å². The monoisotopic (exact) mass is 268 g/mol. The number of thiol groups is 1. The van der Waals surface area contributed by atoms with Gasteiger partial charge in [-0.25, -0.2) is 0 Å². The SMILES string of the molecule is CCCCC(S)O[Si](OC)(OC)OC(C)C. The molecule has 16 heavy (non-hydrogen) atoms. The van der Waals surface area contributed by atoms with E-state index < -0.39 is 9.05 Å². The van der Waals surface area contributed by atoms with E-state index in [2.05, 4.69) is 19.6 Å². The molecule has 1 atom stereocenters. The van der Waals surface area contributed by atoms with Crippen molar-refractivity contribution in [3.8, 4) is 0 Å². The molecule has 0 saturated carbocycles. The fraction of sp³-hybridized carbons (Fsp3) is 1.00. The summed E-state index contributed by atoms with van der Waals surface area (Å²) in [5.74, 6) is 0. The van der Waals surface area contributed by atoms with Crippen molar-refractivity contribution in [1.82, 2.24) is 0 Å². The summed E-state index contributed by atoms with van der Waals surface area (Å²) < 4.78 is 21.8. The second kappa shape index (κ2) is 8.49. The van der Waals surface area contributed by atoms with E-state index in [4.69, 9.17) is 17.7 Å². The van der Waals surface area contributed by atoms with Crippen LogP contribution >= 0.6 is 12.6 Å². The molecular weight excluding hydrogens is 244 g/mol. The maximum Gasteiger partial charge on any atom is 0.680 e. The normalized spacial score (nSPS) is 14.4. The van der Waals surface area contributed by atoms with Gasteiger partial charge in [0.05, 0.1) is 5.44 Å². The Labute approximate surface area is 106 Å². The van der Waals surface area contributed by atoms with Gasteiger partial charge < -0.3 is 17.7 Å². The molecule has 0 amide bonds. The lowest BCUT2D eigenvalue weighted by atomic mass is 10.3. The quantitative estimate of drug-likeness (QED) is 0.396. The van der Waals surface area contributed by atoms with Crippen LogP contribution in [0.3, 0.4) is 0 Å². The van der Waals surface area contributed by atoms with E-state index >= 15 is 0 Å². The van der Waals surface area contributed by atoms with Crippen LogP contribution in [0, 0.1) is 0 Å². The van der Waals surface area contributed by atoms with Crippen molar-refractivity contribution in [3.05, 3.63) is 0 Å². The minimum Gasteiger partial charge on any atom is -0.355 e. The van der Waals surface area contributed by atoms with Crippen LogP contribution in [0.25, 0.3) is 0 Å². The Kier molecular flexibility index (Phi) is 8.71. The Morgan fingerprint density at radius 3 is 2.06 bits per heavy atom. The molecule has 0 rings (SSSR count). The molecule has 6 heteroatoms. The molecule has 0 spiro atoms. The molecule has 0 aliphatic carbocycles. The lowest BCUT2D eigenvalue weighted by Gasteiger charge is -2.29. The summed E-state index contributed by atoms with van der Waals surface area (Å²) in [5.41, 5.74) is -0.203. The van der Waals surface area contributed by atoms with Crippen molar-refractivity contribution in [1.29, 1.82) is 0 Å². The Morgan fingerprint density at radius 2 is 1.69 bits per heavy atom. The van der Waals surface area contributed by atoms with Crippen LogP contribution in [0.4, 0.5) is 0 Å². The van der Waals surface area contributed by atoms with Crippen LogP contribution in [0.15, 0.2) is 0 Å². The first-order valence-corrected chi connectivity index (χ1v) is 7.78. The highest BCUT2D eigenvalue weighted by atomic mass is 32.1. The molecule has 4 nitrogen and oxygen atoms in total. The first-order chi connectivity index (χ1) is 7.49. The fourth-order valence-corrected chi connectivity index (χ4v) is 3.40. The standard InChI is InChI=1S/C10H24O4SSi/c1-6-7-8-10(15)14-16(11-4,12-5)13-9(2)3/h9-10,15H,6-8H2,1-5H3. The largest absolute Gasteiger partial charge is 0.680 e.